The van der Waals surface area contributed by atoms with Gasteiger partial charge in [0.05, 0.1) is 12.7 Å². The molecule has 0 saturated carbocycles. The molecule has 7 nitrogen and oxygen atoms in total. The second-order valence-electron chi connectivity index (χ2n) is 6.13. The molecule has 0 bridgehead atoms. The Morgan fingerprint density at radius 3 is 2.17 bits per heavy atom. The summed E-state index contributed by atoms with van der Waals surface area (Å²) in [5.41, 5.74) is 0.732. The number of methoxy groups -OCH3 is 1. The molecule has 1 atom stereocenters. The lowest BCUT2D eigenvalue weighted by Gasteiger charge is -2.18. The standard InChI is InChI=1S/C22H20N2O5/c1-23-22(27)24-20(25)19(14-8-4-3-5-9-14)29-21(26)17-12-13-18(28-2)16-11-7-6-10-15(16)17/h3-13,19H,1-2H3,(H2,23,24,25,27)/t19-/m0/s1. The van der Waals surface area contributed by atoms with Crippen LogP contribution in [0.15, 0.2) is 66.7 Å². The summed E-state index contributed by atoms with van der Waals surface area (Å²) in [6, 6.07) is 18.3. The third kappa shape index (κ3) is 4.35. The van der Waals surface area contributed by atoms with Crippen LogP contribution in [0, 0.1) is 0 Å². The molecular formula is C22H20N2O5. The first-order chi connectivity index (χ1) is 14.0. The van der Waals surface area contributed by atoms with Crippen LogP contribution in [0.4, 0.5) is 4.79 Å². The molecule has 0 aromatic heterocycles. The minimum atomic E-state index is -1.29. The predicted molar refractivity (Wildman–Crippen MR) is 108 cm³/mol. The van der Waals surface area contributed by atoms with Crippen molar-refractivity contribution in [2.75, 3.05) is 14.2 Å². The van der Waals surface area contributed by atoms with Crippen LogP contribution in [0.25, 0.3) is 10.8 Å². The zero-order chi connectivity index (χ0) is 20.8. The van der Waals surface area contributed by atoms with E-state index in [0.29, 0.717) is 16.7 Å². The van der Waals surface area contributed by atoms with Gasteiger partial charge in [0, 0.05) is 18.0 Å². The molecule has 148 valence electrons. The number of hydrogen-bond acceptors (Lipinski definition) is 5. The summed E-state index contributed by atoms with van der Waals surface area (Å²) < 4.78 is 10.9. The Hall–Kier alpha value is -3.87. The fourth-order valence-corrected chi connectivity index (χ4v) is 2.94. The molecule has 0 heterocycles. The first-order valence-electron chi connectivity index (χ1n) is 8.89. The Labute approximate surface area is 167 Å². The molecule has 3 rings (SSSR count). The van der Waals surface area contributed by atoms with Crippen LogP contribution < -0.4 is 15.4 Å². The molecule has 0 aliphatic heterocycles. The van der Waals surface area contributed by atoms with Crippen LogP contribution in [0.2, 0.25) is 0 Å². The van der Waals surface area contributed by atoms with E-state index in [4.69, 9.17) is 9.47 Å². The van der Waals surface area contributed by atoms with Crippen LogP contribution in [0.5, 0.6) is 5.75 Å². The zero-order valence-corrected chi connectivity index (χ0v) is 16.0. The average Bonchev–Trinajstić information content (AvgIpc) is 2.76. The number of nitrogens with one attached hydrogen (secondary N) is 2. The van der Waals surface area contributed by atoms with Crippen molar-refractivity contribution in [2.45, 2.75) is 6.10 Å². The van der Waals surface area contributed by atoms with Gasteiger partial charge in [-0.25, -0.2) is 9.59 Å². The van der Waals surface area contributed by atoms with Crippen molar-refractivity contribution >= 4 is 28.7 Å². The minimum absolute atomic E-state index is 0.287. The van der Waals surface area contributed by atoms with E-state index in [9.17, 15) is 14.4 Å². The van der Waals surface area contributed by atoms with Gasteiger partial charge >= 0.3 is 12.0 Å². The molecule has 0 aliphatic carbocycles. The Balaban J connectivity index is 1.96. The van der Waals surface area contributed by atoms with Gasteiger partial charge in [0.2, 0.25) is 6.10 Å². The summed E-state index contributed by atoms with van der Waals surface area (Å²) in [5, 5.41) is 5.83. The number of rotatable bonds is 5. The normalized spacial score (nSPS) is 11.4. The van der Waals surface area contributed by atoms with Gasteiger partial charge in [0.15, 0.2) is 0 Å². The largest absolute Gasteiger partial charge is 0.496 e. The fraction of sp³-hybridized carbons (Fsp3) is 0.136. The highest BCUT2D eigenvalue weighted by Gasteiger charge is 2.27. The maximum absolute atomic E-state index is 13.0. The number of esters is 1. The lowest BCUT2D eigenvalue weighted by atomic mass is 10.0. The van der Waals surface area contributed by atoms with Gasteiger partial charge in [0.25, 0.3) is 5.91 Å². The number of imide groups is 1. The quantitative estimate of drug-likeness (QED) is 0.651. The third-order valence-corrected chi connectivity index (χ3v) is 4.35. The minimum Gasteiger partial charge on any atom is -0.496 e. The van der Waals surface area contributed by atoms with Gasteiger partial charge in [-0.05, 0) is 17.5 Å². The van der Waals surface area contributed by atoms with Crippen LogP contribution in [0.1, 0.15) is 22.0 Å². The van der Waals surface area contributed by atoms with Crippen molar-refractivity contribution in [3.05, 3.63) is 77.9 Å². The second-order valence-corrected chi connectivity index (χ2v) is 6.13. The average molecular weight is 392 g/mol. The number of fused-ring (bicyclic) bond motifs is 1. The highest BCUT2D eigenvalue weighted by Crippen LogP contribution is 2.30. The van der Waals surface area contributed by atoms with Gasteiger partial charge in [-0.3, -0.25) is 10.1 Å². The Kier molecular flexibility index (Phi) is 6.09. The first kappa shape index (κ1) is 19.9. The van der Waals surface area contributed by atoms with E-state index in [1.807, 2.05) is 12.1 Å². The first-order valence-corrected chi connectivity index (χ1v) is 8.89. The number of carbonyl (C=O) groups excluding carboxylic acids is 3. The molecule has 3 aromatic rings. The van der Waals surface area contributed by atoms with Crippen LogP contribution in [0.3, 0.4) is 0 Å². The number of ether oxygens (including phenoxy) is 2. The molecule has 0 radical (unpaired) electrons. The van der Waals surface area contributed by atoms with Crippen molar-refractivity contribution in [2.24, 2.45) is 0 Å². The van der Waals surface area contributed by atoms with Crippen molar-refractivity contribution in [3.63, 3.8) is 0 Å². The monoisotopic (exact) mass is 392 g/mol. The van der Waals surface area contributed by atoms with Gasteiger partial charge < -0.3 is 14.8 Å². The lowest BCUT2D eigenvalue weighted by molar-refractivity contribution is -0.129. The summed E-state index contributed by atoms with van der Waals surface area (Å²) >= 11 is 0. The SMILES string of the molecule is CNC(=O)NC(=O)[C@@H](OC(=O)c1ccc(OC)c2ccccc12)c1ccccc1. The Morgan fingerprint density at radius 1 is 0.862 bits per heavy atom. The predicted octanol–water partition coefficient (Wildman–Crippen LogP) is 3.20. The maximum atomic E-state index is 13.0. The maximum Gasteiger partial charge on any atom is 0.339 e. The number of benzene rings is 3. The van der Waals surface area contributed by atoms with E-state index >= 15 is 0 Å². The van der Waals surface area contributed by atoms with E-state index in [-0.39, 0.29) is 5.56 Å². The van der Waals surface area contributed by atoms with Crippen molar-refractivity contribution in [3.8, 4) is 5.75 Å². The smallest absolute Gasteiger partial charge is 0.339 e. The van der Waals surface area contributed by atoms with E-state index in [2.05, 4.69) is 10.6 Å². The molecule has 7 heteroatoms. The van der Waals surface area contributed by atoms with E-state index < -0.39 is 24.0 Å². The fourth-order valence-electron chi connectivity index (χ4n) is 2.94. The molecule has 0 spiro atoms. The number of carbonyl (C=O) groups is 3. The van der Waals surface area contributed by atoms with Crippen molar-refractivity contribution < 1.29 is 23.9 Å². The molecule has 2 N–H and O–H groups in total. The van der Waals surface area contributed by atoms with Crippen LogP contribution in [-0.2, 0) is 9.53 Å². The number of urea groups is 1. The van der Waals surface area contributed by atoms with Gasteiger partial charge in [-0.15, -0.1) is 0 Å². The summed E-state index contributed by atoms with van der Waals surface area (Å²) in [6.07, 6.45) is -1.29. The van der Waals surface area contributed by atoms with Crippen molar-refractivity contribution in [1.29, 1.82) is 0 Å². The number of amides is 3. The molecular weight excluding hydrogens is 372 g/mol. The van der Waals surface area contributed by atoms with E-state index in [0.717, 1.165) is 5.39 Å². The van der Waals surface area contributed by atoms with Crippen LogP contribution >= 0.6 is 0 Å². The summed E-state index contributed by atoms with van der Waals surface area (Å²) in [7, 11) is 2.93. The van der Waals surface area contributed by atoms with Gasteiger partial charge in [0.1, 0.15) is 5.75 Å². The molecule has 29 heavy (non-hydrogen) atoms. The summed E-state index contributed by atoms with van der Waals surface area (Å²) in [4.78, 5) is 37.1. The molecule has 0 aliphatic rings. The Morgan fingerprint density at radius 2 is 1.52 bits per heavy atom. The highest BCUT2D eigenvalue weighted by molar-refractivity contribution is 6.07. The Bertz CT molecular complexity index is 1050. The molecule has 3 aromatic carbocycles. The summed E-state index contributed by atoms with van der Waals surface area (Å²) in [5.74, 6) is -0.819. The van der Waals surface area contributed by atoms with Crippen molar-refractivity contribution in [1.82, 2.24) is 10.6 Å². The molecule has 0 saturated heterocycles. The molecule has 3 amide bonds. The molecule has 0 fully saturated rings. The zero-order valence-electron chi connectivity index (χ0n) is 16.0. The third-order valence-electron chi connectivity index (χ3n) is 4.35. The van der Waals surface area contributed by atoms with E-state index in [1.54, 1.807) is 61.7 Å². The molecule has 0 unspecified atom stereocenters. The van der Waals surface area contributed by atoms with Crippen LogP contribution in [-0.4, -0.2) is 32.1 Å². The summed E-state index contributed by atoms with van der Waals surface area (Å²) in [6.45, 7) is 0. The number of hydrogen-bond donors (Lipinski definition) is 2. The topological polar surface area (TPSA) is 93.7 Å². The highest BCUT2D eigenvalue weighted by atomic mass is 16.5. The van der Waals surface area contributed by atoms with E-state index in [1.165, 1.54) is 7.05 Å². The lowest BCUT2D eigenvalue weighted by Crippen LogP contribution is -2.41. The second kappa shape index (κ2) is 8.88. The van der Waals surface area contributed by atoms with Gasteiger partial charge in [-0.1, -0.05) is 54.6 Å². The van der Waals surface area contributed by atoms with Gasteiger partial charge in [-0.2, -0.15) is 0 Å².